The predicted molar refractivity (Wildman–Crippen MR) is 87.9 cm³/mol. The minimum Gasteiger partial charge on any atom is -0.370 e. The first-order valence-corrected chi connectivity index (χ1v) is 8.71. The first kappa shape index (κ1) is 18.5. The lowest BCUT2D eigenvalue weighted by Gasteiger charge is -2.14. The molecule has 25 heavy (non-hydrogen) atoms. The molecule has 1 aromatic heterocycles. The Bertz CT molecular complexity index is 941. The lowest BCUT2D eigenvalue weighted by molar-refractivity contribution is 0.0988. The van der Waals surface area contributed by atoms with Gasteiger partial charge in [-0.15, -0.1) is 0 Å². The molecule has 0 aliphatic carbocycles. The van der Waals surface area contributed by atoms with Gasteiger partial charge in [-0.3, -0.25) is 9.78 Å². The van der Waals surface area contributed by atoms with E-state index in [9.17, 15) is 22.0 Å². The molecule has 1 aromatic carbocycles. The second-order valence-electron chi connectivity index (χ2n) is 5.09. The van der Waals surface area contributed by atoms with Crippen molar-refractivity contribution in [3.8, 4) is 11.1 Å². The highest BCUT2D eigenvalue weighted by Crippen LogP contribution is 2.34. The maximum atomic E-state index is 13.4. The maximum absolute atomic E-state index is 13.4. The fourth-order valence-corrected chi connectivity index (χ4v) is 3.10. The van der Waals surface area contributed by atoms with Gasteiger partial charge < -0.3 is 11.5 Å². The van der Waals surface area contributed by atoms with E-state index < -0.39 is 39.3 Å². The number of hydrogen-bond donors (Lipinski definition) is 2. The Labute approximate surface area is 142 Å². The van der Waals surface area contributed by atoms with Gasteiger partial charge in [0.15, 0.2) is 15.8 Å². The number of carbonyl (C=O) groups is 1. The zero-order chi connectivity index (χ0) is 18.8. The third kappa shape index (κ3) is 4.15. The van der Waals surface area contributed by atoms with Crippen molar-refractivity contribution in [3.05, 3.63) is 47.8 Å². The highest BCUT2D eigenvalue weighted by molar-refractivity contribution is 7.90. The Morgan fingerprint density at radius 3 is 2.44 bits per heavy atom. The molecule has 0 atom stereocenters. The topological polar surface area (TPSA) is 128 Å². The number of benzene rings is 1. The molecule has 0 saturated carbocycles. The molecule has 1 heterocycles. The van der Waals surface area contributed by atoms with Gasteiger partial charge in [-0.2, -0.15) is 4.99 Å². The monoisotopic (exact) mass is 368 g/mol. The van der Waals surface area contributed by atoms with Crippen molar-refractivity contribution >= 4 is 21.7 Å². The predicted octanol–water partition coefficient (Wildman–Crippen LogP) is 1.50. The number of sulfone groups is 1. The van der Waals surface area contributed by atoms with Crippen LogP contribution in [0.4, 0.5) is 8.78 Å². The first-order valence-electron chi connectivity index (χ1n) is 6.81. The lowest BCUT2D eigenvalue weighted by Crippen LogP contribution is -2.24. The van der Waals surface area contributed by atoms with Crippen LogP contribution in [0.3, 0.4) is 0 Å². The summed E-state index contributed by atoms with van der Waals surface area (Å²) in [7, 11) is -3.84. The number of guanidine groups is 1. The Balaban J connectivity index is 2.85. The van der Waals surface area contributed by atoms with E-state index in [1.54, 1.807) is 0 Å². The fourth-order valence-electron chi connectivity index (χ4n) is 2.19. The number of nitrogens with two attached hydrogens (primary N) is 2. The average molecular weight is 368 g/mol. The van der Waals surface area contributed by atoms with Gasteiger partial charge in [0.25, 0.3) is 12.3 Å². The summed E-state index contributed by atoms with van der Waals surface area (Å²) < 4.78 is 51.0. The van der Waals surface area contributed by atoms with E-state index in [4.69, 9.17) is 11.5 Å². The number of hydrogen-bond acceptors (Lipinski definition) is 4. The highest BCUT2D eigenvalue weighted by atomic mass is 32.2. The van der Waals surface area contributed by atoms with Gasteiger partial charge >= 0.3 is 0 Å². The van der Waals surface area contributed by atoms with Crippen LogP contribution in [-0.2, 0) is 9.84 Å². The van der Waals surface area contributed by atoms with Crippen LogP contribution < -0.4 is 11.5 Å². The Hall–Kier alpha value is -2.88. The number of pyridine rings is 1. The summed E-state index contributed by atoms with van der Waals surface area (Å²) in [6, 6.07) is 4.84. The molecule has 2 rings (SSSR count). The van der Waals surface area contributed by atoms with E-state index in [1.165, 1.54) is 24.5 Å². The number of halogens is 2. The summed E-state index contributed by atoms with van der Waals surface area (Å²) in [5, 5.41) is 0. The fraction of sp³-hybridized carbons (Fsp3) is 0.133. The molecule has 0 spiro atoms. The zero-order valence-electron chi connectivity index (χ0n) is 13.0. The van der Waals surface area contributed by atoms with Gasteiger partial charge in [0.2, 0.25) is 0 Å². The van der Waals surface area contributed by atoms with Crippen LogP contribution in [0.25, 0.3) is 11.1 Å². The number of aliphatic imine (C=N–C) groups is 1. The average Bonchev–Trinajstić information content (AvgIpc) is 2.52. The summed E-state index contributed by atoms with van der Waals surface area (Å²) in [6.07, 6.45) is 0.640. The van der Waals surface area contributed by atoms with Crippen molar-refractivity contribution in [3.63, 3.8) is 0 Å². The number of rotatable bonds is 4. The van der Waals surface area contributed by atoms with Gasteiger partial charge in [-0.1, -0.05) is 6.07 Å². The molecule has 0 unspecified atom stereocenters. The van der Waals surface area contributed by atoms with Crippen LogP contribution in [0.15, 0.2) is 46.5 Å². The summed E-state index contributed by atoms with van der Waals surface area (Å²) in [5.74, 6) is -1.78. The van der Waals surface area contributed by atoms with E-state index >= 15 is 0 Å². The third-order valence-electron chi connectivity index (χ3n) is 3.22. The molecular weight excluding hydrogens is 354 g/mol. The molecule has 2 aromatic rings. The number of alkyl halides is 2. The molecule has 0 aliphatic rings. The van der Waals surface area contributed by atoms with Crippen molar-refractivity contribution in [2.75, 3.05) is 6.26 Å². The summed E-state index contributed by atoms with van der Waals surface area (Å²) in [4.78, 5) is 18.8. The highest BCUT2D eigenvalue weighted by Gasteiger charge is 2.25. The van der Waals surface area contributed by atoms with Gasteiger partial charge in [0.1, 0.15) is 0 Å². The molecule has 0 aliphatic heterocycles. The Kier molecular flexibility index (Phi) is 5.12. The molecule has 4 N–H and O–H groups in total. The van der Waals surface area contributed by atoms with E-state index in [0.29, 0.717) is 5.56 Å². The molecule has 0 fully saturated rings. The number of amides is 1. The second kappa shape index (κ2) is 6.93. The van der Waals surface area contributed by atoms with Gasteiger partial charge in [-0.05, 0) is 18.2 Å². The van der Waals surface area contributed by atoms with Gasteiger partial charge in [-0.25, -0.2) is 17.2 Å². The largest absolute Gasteiger partial charge is 0.370 e. The van der Waals surface area contributed by atoms with Crippen molar-refractivity contribution in [1.29, 1.82) is 0 Å². The van der Waals surface area contributed by atoms with Gasteiger partial charge in [0, 0.05) is 35.3 Å². The van der Waals surface area contributed by atoms with Crippen molar-refractivity contribution in [2.24, 2.45) is 16.5 Å². The molecule has 132 valence electrons. The normalized spacial score (nSPS) is 11.4. The Morgan fingerprint density at radius 2 is 1.96 bits per heavy atom. The quantitative estimate of drug-likeness (QED) is 0.622. The summed E-state index contributed by atoms with van der Waals surface area (Å²) in [5.41, 5.74) is 9.24. The van der Waals surface area contributed by atoms with E-state index in [0.717, 1.165) is 18.4 Å². The molecule has 0 radical (unpaired) electrons. The maximum Gasteiger partial charge on any atom is 0.280 e. The molecular formula is C15H14F2N4O3S. The second-order valence-corrected chi connectivity index (χ2v) is 7.08. The van der Waals surface area contributed by atoms with E-state index in [1.807, 2.05) is 0 Å². The minimum atomic E-state index is -3.84. The van der Waals surface area contributed by atoms with Crippen molar-refractivity contribution in [2.45, 2.75) is 11.3 Å². The molecule has 0 bridgehead atoms. The van der Waals surface area contributed by atoms with E-state index in [2.05, 4.69) is 9.98 Å². The van der Waals surface area contributed by atoms with Crippen LogP contribution in [0, 0.1) is 0 Å². The molecule has 1 amide bonds. The zero-order valence-corrected chi connectivity index (χ0v) is 13.8. The van der Waals surface area contributed by atoms with Crippen LogP contribution in [0.1, 0.15) is 22.3 Å². The smallest absolute Gasteiger partial charge is 0.280 e. The number of aromatic nitrogens is 1. The Morgan fingerprint density at radius 1 is 1.28 bits per heavy atom. The number of nitrogens with zero attached hydrogens (tertiary/aromatic N) is 2. The third-order valence-corrected chi connectivity index (χ3v) is 4.36. The molecule has 7 nitrogen and oxygen atoms in total. The standard InChI is InChI=1S/C15H14F2N4O3S/c1-25(23,24)12-6-11(14(22)21-15(18)19)10(13(16)17)5-9(12)8-3-2-4-20-7-8/h2-7,13H,1H3,(H4,18,19,21,22). The molecule has 10 heteroatoms. The minimum absolute atomic E-state index is 0.00662. The van der Waals surface area contributed by atoms with Crippen LogP contribution in [0.2, 0.25) is 0 Å². The van der Waals surface area contributed by atoms with Crippen molar-refractivity contribution in [1.82, 2.24) is 4.98 Å². The van der Waals surface area contributed by atoms with Crippen LogP contribution in [0.5, 0.6) is 0 Å². The van der Waals surface area contributed by atoms with Crippen LogP contribution in [-0.4, -0.2) is 31.5 Å². The first-order chi connectivity index (χ1) is 11.6. The number of carbonyl (C=O) groups excluding carboxylic acids is 1. The lowest BCUT2D eigenvalue weighted by atomic mass is 9.99. The van der Waals surface area contributed by atoms with Crippen LogP contribution >= 0.6 is 0 Å². The summed E-state index contributed by atoms with van der Waals surface area (Å²) in [6.45, 7) is 0. The van der Waals surface area contributed by atoms with Crippen molar-refractivity contribution < 1.29 is 22.0 Å². The van der Waals surface area contributed by atoms with E-state index in [-0.39, 0.29) is 10.5 Å². The SMILES string of the molecule is CS(=O)(=O)c1cc(C(=O)N=C(N)N)c(C(F)F)cc1-c1cccnc1. The molecule has 0 saturated heterocycles. The van der Waals surface area contributed by atoms with Gasteiger partial charge in [0.05, 0.1) is 10.5 Å². The summed E-state index contributed by atoms with van der Waals surface area (Å²) >= 11 is 0.